The number of rotatable bonds is 4. The van der Waals surface area contributed by atoms with Gasteiger partial charge in [-0.3, -0.25) is 9.69 Å². The maximum atomic E-state index is 12.5. The van der Waals surface area contributed by atoms with E-state index in [0.29, 0.717) is 11.4 Å². The number of halogens is 3. The van der Waals surface area contributed by atoms with Crippen molar-refractivity contribution in [3.05, 3.63) is 60.7 Å². The van der Waals surface area contributed by atoms with Gasteiger partial charge in [0.15, 0.2) is 0 Å². The molecule has 0 aromatic heterocycles. The predicted octanol–water partition coefficient (Wildman–Crippen LogP) is 4.99. The predicted molar refractivity (Wildman–Crippen MR) is 83.1 cm³/mol. The number of benzene rings is 2. The summed E-state index contributed by atoms with van der Waals surface area (Å²) in [4.78, 5) is 13.8. The number of hydrogen-bond acceptors (Lipinski definition) is 2. The molecule has 0 aliphatic carbocycles. The van der Waals surface area contributed by atoms with Crippen LogP contribution in [0.15, 0.2) is 60.7 Å². The van der Waals surface area contributed by atoms with Crippen LogP contribution in [0.1, 0.15) is 6.92 Å². The van der Waals surface area contributed by atoms with Crippen molar-refractivity contribution in [2.45, 2.75) is 17.7 Å². The van der Waals surface area contributed by atoms with Crippen molar-refractivity contribution < 1.29 is 18.0 Å². The number of nitrogens with zero attached hydrogens (tertiary/aromatic N) is 1. The number of carbonyl (C=O) groups excluding carboxylic acids is 1. The SMILES string of the molecule is CC(SC(F)(F)F)C(=O)N(c1ccccc1)c1ccccc1. The summed E-state index contributed by atoms with van der Waals surface area (Å²) >= 11 is -0.309. The molecule has 22 heavy (non-hydrogen) atoms. The van der Waals surface area contributed by atoms with E-state index in [4.69, 9.17) is 0 Å². The molecule has 6 heteroatoms. The highest BCUT2D eigenvalue weighted by Crippen LogP contribution is 2.36. The molecule has 1 unspecified atom stereocenters. The van der Waals surface area contributed by atoms with E-state index in [-0.39, 0.29) is 11.8 Å². The smallest absolute Gasteiger partial charge is 0.280 e. The van der Waals surface area contributed by atoms with Gasteiger partial charge in [-0.1, -0.05) is 36.4 Å². The second-order valence-electron chi connectivity index (χ2n) is 4.55. The van der Waals surface area contributed by atoms with Gasteiger partial charge in [0.2, 0.25) is 5.91 Å². The molecule has 2 aromatic rings. The Morgan fingerprint density at radius 1 is 0.955 bits per heavy atom. The van der Waals surface area contributed by atoms with Crippen molar-refractivity contribution in [2.24, 2.45) is 0 Å². The number of carbonyl (C=O) groups is 1. The fourth-order valence-corrected chi connectivity index (χ4v) is 2.60. The number of thioether (sulfide) groups is 1. The summed E-state index contributed by atoms with van der Waals surface area (Å²) in [6.07, 6.45) is 0. The van der Waals surface area contributed by atoms with Gasteiger partial charge in [0.1, 0.15) is 0 Å². The number of para-hydroxylation sites is 2. The third-order valence-electron chi connectivity index (χ3n) is 2.91. The minimum Gasteiger partial charge on any atom is -0.280 e. The average molecular weight is 325 g/mol. The Bertz CT molecular complexity index is 577. The lowest BCUT2D eigenvalue weighted by Crippen LogP contribution is -2.34. The maximum Gasteiger partial charge on any atom is 0.442 e. The summed E-state index contributed by atoms with van der Waals surface area (Å²) in [5.41, 5.74) is -3.38. The number of alkyl halides is 3. The molecule has 0 radical (unpaired) electrons. The molecule has 2 nitrogen and oxygen atoms in total. The van der Waals surface area contributed by atoms with Crippen LogP contribution in [0.5, 0.6) is 0 Å². The van der Waals surface area contributed by atoms with Crippen molar-refractivity contribution in [3.8, 4) is 0 Å². The summed E-state index contributed by atoms with van der Waals surface area (Å²) in [5, 5.41) is -1.24. The molecular weight excluding hydrogens is 311 g/mol. The van der Waals surface area contributed by atoms with Crippen molar-refractivity contribution >= 4 is 29.0 Å². The summed E-state index contributed by atoms with van der Waals surface area (Å²) in [6.45, 7) is 1.26. The van der Waals surface area contributed by atoms with Crippen LogP contribution < -0.4 is 4.90 Å². The molecule has 0 fully saturated rings. The monoisotopic (exact) mass is 325 g/mol. The Labute approximate surface area is 130 Å². The molecule has 0 saturated heterocycles. The maximum absolute atomic E-state index is 12.5. The number of amides is 1. The van der Waals surface area contributed by atoms with Crippen molar-refractivity contribution in [1.29, 1.82) is 0 Å². The Kier molecular flexibility index (Phi) is 5.13. The van der Waals surface area contributed by atoms with Gasteiger partial charge < -0.3 is 0 Å². The molecule has 0 spiro atoms. The zero-order chi connectivity index (χ0) is 16.2. The van der Waals surface area contributed by atoms with E-state index < -0.39 is 16.7 Å². The van der Waals surface area contributed by atoms with Gasteiger partial charge in [0.25, 0.3) is 0 Å². The first kappa shape index (κ1) is 16.4. The molecule has 116 valence electrons. The number of hydrogen-bond donors (Lipinski definition) is 0. The van der Waals surface area contributed by atoms with Crippen LogP contribution in [0.25, 0.3) is 0 Å². The zero-order valence-corrected chi connectivity index (χ0v) is 12.6. The fourth-order valence-electron chi connectivity index (χ4n) is 1.99. The molecule has 2 aromatic carbocycles. The second-order valence-corrected chi connectivity index (χ2v) is 5.96. The van der Waals surface area contributed by atoms with E-state index in [2.05, 4.69) is 0 Å². The molecule has 2 rings (SSSR count). The number of anilines is 2. The van der Waals surface area contributed by atoms with Crippen LogP contribution in [0.4, 0.5) is 24.5 Å². The van der Waals surface area contributed by atoms with Gasteiger partial charge in [-0.15, -0.1) is 0 Å². The lowest BCUT2D eigenvalue weighted by atomic mass is 10.2. The van der Waals surface area contributed by atoms with E-state index in [1.807, 2.05) is 0 Å². The molecule has 0 N–H and O–H groups in total. The molecule has 0 saturated carbocycles. The van der Waals surface area contributed by atoms with Crippen LogP contribution in [-0.4, -0.2) is 16.7 Å². The third kappa shape index (κ3) is 4.27. The van der Waals surface area contributed by atoms with Crippen LogP contribution >= 0.6 is 11.8 Å². The molecule has 0 aliphatic heterocycles. The van der Waals surface area contributed by atoms with Crippen LogP contribution in [0.3, 0.4) is 0 Å². The highest BCUT2D eigenvalue weighted by Gasteiger charge is 2.36. The first-order chi connectivity index (χ1) is 10.4. The van der Waals surface area contributed by atoms with Crippen molar-refractivity contribution in [3.63, 3.8) is 0 Å². The van der Waals surface area contributed by atoms with Gasteiger partial charge in [-0.05, 0) is 43.0 Å². The summed E-state index contributed by atoms with van der Waals surface area (Å²) < 4.78 is 37.6. The largest absolute Gasteiger partial charge is 0.442 e. The standard InChI is InChI=1S/C16H14F3NOS/c1-12(22-16(17,18)19)15(21)20(13-8-4-2-5-9-13)14-10-6-3-7-11-14/h2-12H,1H3. The molecule has 1 amide bonds. The Morgan fingerprint density at radius 3 is 1.73 bits per heavy atom. The minimum atomic E-state index is -4.45. The Balaban J connectivity index is 2.35. The van der Waals surface area contributed by atoms with Gasteiger partial charge in [-0.2, -0.15) is 13.2 Å². The summed E-state index contributed by atoms with van der Waals surface area (Å²) in [6, 6.07) is 17.3. The van der Waals surface area contributed by atoms with E-state index >= 15 is 0 Å². The molecule has 0 bridgehead atoms. The quantitative estimate of drug-likeness (QED) is 0.789. The van der Waals surface area contributed by atoms with E-state index in [0.717, 1.165) is 0 Å². The van der Waals surface area contributed by atoms with Gasteiger partial charge in [-0.25, -0.2) is 0 Å². The highest BCUT2D eigenvalue weighted by molar-refractivity contribution is 8.01. The fraction of sp³-hybridized carbons (Fsp3) is 0.188. The highest BCUT2D eigenvalue weighted by atomic mass is 32.2. The molecule has 0 aliphatic rings. The lowest BCUT2D eigenvalue weighted by Gasteiger charge is -2.26. The van der Waals surface area contributed by atoms with E-state index in [1.54, 1.807) is 60.7 Å². The minimum absolute atomic E-state index is 0.309. The normalized spacial score (nSPS) is 12.7. The second kappa shape index (κ2) is 6.87. The van der Waals surface area contributed by atoms with E-state index in [1.165, 1.54) is 11.8 Å². The van der Waals surface area contributed by atoms with Crippen LogP contribution in [0.2, 0.25) is 0 Å². The first-order valence-corrected chi connectivity index (χ1v) is 7.45. The first-order valence-electron chi connectivity index (χ1n) is 6.57. The lowest BCUT2D eigenvalue weighted by molar-refractivity contribution is -0.117. The average Bonchev–Trinajstić information content (AvgIpc) is 2.48. The molecule has 0 heterocycles. The Hall–Kier alpha value is -1.95. The van der Waals surface area contributed by atoms with Gasteiger partial charge in [0.05, 0.1) is 5.25 Å². The van der Waals surface area contributed by atoms with Gasteiger partial charge in [0, 0.05) is 11.4 Å². The Morgan fingerprint density at radius 2 is 1.36 bits per heavy atom. The summed E-state index contributed by atoms with van der Waals surface area (Å²) in [7, 11) is 0. The summed E-state index contributed by atoms with van der Waals surface area (Å²) in [5.74, 6) is -0.611. The van der Waals surface area contributed by atoms with Gasteiger partial charge >= 0.3 is 5.51 Å². The topological polar surface area (TPSA) is 20.3 Å². The van der Waals surface area contributed by atoms with E-state index in [9.17, 15) is 18.0 Å². The van der Waals surface area contributed by atoms with Crippen LogP contribution in [0, 0.1) is 0 Å². The third-order valence-corrected chi connectivity index (χ3v) is 3.73. The zero-order valence-electron chi connectivity index (χ0n) is 11.7. The molecular formula is C16H14F3NOS. The van der Waals surface area contributed by atoms with Crippen molar-refractivity contribution in [2.75, 3.05) is 4.90 Å². The van der Waals surface area contributed by atoms with Crippen molar-refractivity contribution in [1.82, 2.24) is 0 Å². The van der Waals surface area contributed by atoms with Crippen LogP contribution in [-0.2, 0) is 4.79 Å². The molecule has 1 atom stereocenters.